The third kappa shape index (κ3) is 2.62. The molecule has 6 heteroatoms. The summed E-state index contributed by atoms with van der Waals surface area (Å²) < 4.78 is 0. The first-order valence-electron chi connectivity index (χ1n) is 6.19. The third-order valence-corrected chi connectivity index (χ3v) is 3.42. The number of nitrogens with zero attached hydrogens (tertiary/aromatic N) is 1. The Morgan fingerprint density at radius 3 is 2.63 bits per heavy atom. The summed E-state index contributed by atoms with van der Waals surface area (Å²) in [6, 6.07) is 4.16. The number of benzene rings is 1. The number of nitrogen functional groups attached to an aromatic ring is 1. The van der Waals surface area contributed by atoms with Gasteiger partial charge in [0.1, 0.15) is 6.04 Å². The fraction of sp³-hybridized carbons (Fsp3) is 0.385. The summed E-state index contributed by atoms with van der Waals surface area (Å²) in [5, 5.41) is 8.91. The van der Waals surface area contributed by atoms with Crippen molar-refractivity contribution in [1.29, 1.82) is 0 Å². The van der Waals surface area contributed by atoms with Crippen molar-refractivity contribution in [2.24, 2.45) is 5.73 Å². The smallest absolute Gasteiger partial charge is 0.335 e. The number of aromatic carboxylic acids is 1. The number of piperidine rings is 1. The van der Waals surface area contributed by atoms with Gasteiger partial charge in [-0.1, -0.05) is 0 Å². The van der Waals surface area contributed by atoms with Crippen LogP contribution in [-0.2, 0) is 4.79 Å². The molecule has 0 spiro atoms. The van der Waals surface area contributed by atoms with Crippen LogP contribution in [0.3, 0.4) is 0 Å². The van der Waals surface area contributed by atoms with E-state index in [1.165, 1.54) is 12.1 Å². The molecule has 1 aliphatic rings. The number of carbonyl (C=O) groups is 2. The molecule has 0 bridgehead atoms. The van der Waals surface area contributed by atoms with Crippen molar-refractivity contribution in [2.45, 2.75) is 25.3 Å². The van der Waals surface area contributed by atoms with Gasteiger partial charge in [0.2, 0.25) is 5.91 Å². The van der Waals surface area contributed by atoms with Gasteiger partial charge in [-0.15, -0.1) is 0 Å². The van der Waals surface area contributed by atoms with E-state index in [-0.39, 0.29) is 17.5 Å². The Labute approximate surface area is 111 Å². The number of amides is 1. The standard InChI is InChI=1S/C13H17N3O3/c14-9-7-8(13(18)19)4-5-10(9)16-6-2-1-3-11(16)12(15)17/h4-5,7,11H,1-3,6,14H2,(H2,15,17)(H,18,19). The number of hydrogen-bond acceptors (Lipinski definition) is 4. The number of carbonyl (C=O) groups excluding carboxylic acids is 1. The molecule has 1 atom stereocenters. The predicted octanol–water partition coefficient (Wildman–Crippen LogP) is 0.811. The molecule has 102 valence electrons. The van der Waals surface area contributed by atoms with Gasteiger partial charge in [-0.3, -0.25) is 4.79 Å². The number of nitrogens with two attached hydrogens (primary N) is 2. The average Bonchev–Trinajstić information content (AvgIpc) is 2.38. The molecule has 0 aromatic heterocycles. The van der Waals surface area contributed by atoms with Crippen molar-refractivity contribution in [1.82, 2.24) is 0 Å². The van der Waals surface area contributed by atoms with E-state index in [1.807, 2.05) is 4.90 Å². The van der Waals surface area contributed by atoms with Crippen LogP contribution in [0.25, 0.3) is 0 Å². The van der Waals surface area contributed by atoms with Crippen LogP contribution in [0.2, 0.25) is 0 Å². The van der Waals surface area contributed by atoms with Crippen molar-refractivity contribution in [3.8, 4) is 0 Å². The predicted molar refractivity (Wildman–Crippen MR) is 72.0 cm³/mol. The van der Waals surface area contributed by atoms with Crippen LogP contribution in [0, 0.1) is 0 Å². The Morgan fingerprint density at radius 2 is 2.05 bits per heavy atom. The maximum Gasteiger partial charge on any atom is 0.335 e. The van der Waals surface area contributed by atoms with Crippen LogP contribution in [-0.4, -0.2) is 29.6 Å². The van der Waals surface area contributed by atoms with Crippen molar-refractivity contribution in [3.63, 3.8) is 0 Å². The molecular weight excluding hydrogens is 246 g/mol. The number of carboxylic acid groups (broad SMARTS) is 1. The first-order chi connectivity index (χ1) is 9.00. The van der Waals surface area contributed by atoms with E-state index >= 15 is 0 Å². The second-order valence-electron chi connectivity index (χ2n) is 4.69. The molecule has 0 saturated carbocycles. The van der Waals surface area contributed by atoms with E-state index in [9.17, 15) is 9.59 Å². The highest BCUT2D eigenvalue weighted by Crippen LogP contribution is 2.30. The number of carboxylic acids is 1. The monoisotopic (exact) mass is 263 g/mol. The number of rotatable bonds is 3. The largest absolute Gasteiger partial charge is 0.478 e. The van der Waals surface area contributed by atoms with Gasteiger partial charge < -0.3 is 21.5 Å². The lowest BCUT2D eigenvalue weighted by Gasteiger charge is -2.36. The molecule has 0 aliphatic carbocycles. The minimum absolute atomic E-state index is 0.133. The molecule has 6 nitrogen and oxygen atoms in total. The van der Waals surface area contributed by atoms with E-state index in [4.69, 9.17) is 16.6 Å². The van der Waals surface area contributed by atoms with Crippen molar-refractivity contribution in [3.05, 3.63) is 23.8 Å². The molecule has 1 fully saturated rings. The molecule has 1 aliphatic heterocycles. The van der Waals surface area contributed by atoms with Gasteiger partial charge in [-0.25, -0.2) is 4.79 Å². The van der Waals surface area contributed by atoms with Crippen molar-refractivity contribution < 1.29 is 14.7 Å². The minimum Gasteiger partial charge on any atom is -0.478 e. The Morgan fingerprint density at radius 1 is 1.32 bits per heavy atom. The average molecular weight is 263 g/mol. The lowest BCUT2D eigenvalue weighted by atomic mass is 10.00. The molecule has 2 rings (SSSR count). The maximum atomic E-state index is 11.5. The molecule has 1 heterocycles. The molecule has 1 saturated heterocycles. The molecule has 1 aromatic carbocycles. The highest BCUT2D eigenvalue weighted by Gasteiger charge is 2.28. The molecule has 1 unspecified atom stereocenters. The zero-order valence-electron chi connectivity index (χ0n) is 10.5. The topological polar surface area (TPSA) is 110 Å². The van der Waals surface area contributed by atoms with E-state index in [0.29, 0.717) is 24.3 Å². The summed E-state index contributed by atoms with van der Waals surface area (Å²) in [7, 11) is 0. The lowest BCUT2D eigenvalue weighted by molar-refractivity contribution is -0.119. The Kier molecular flexibility index (Phi) is 3.59. The number of primary amides is 1. The van der Waals surface area contributed by atoms with Gasteiger partial charge in [0.05, 0.1) is 16.9 Å². The first-order valence-corrected chi connectivity index (χ1v) is 6.19. The fourth-order valence-corrected chi connectivity index (χ4v) is 2.46. The molecule has 1 aromatic rings. The van der Waals surface area contributed by atoms with Crippen LogP contribution < -0.4 is 16.4 Å². The molecule has 19 heavy (non-hydrogen) atoms. The van der Waals surface area contributed by atoms with Crippen molar-refractivity contribution >= 4 is 23.3 Å². The van der Waals surface area contributed by atoms with E-state index < -0.39 is 5.97 Å². The molecular formula is C13H17N3O3. The highest BCUT2D eigenvalue weighted by molar-refractivity contribution is 5.91. The van der Waals surface area contributed by atoms with Gasteiger partial charge in [0.25, 0.3) is 0 Å². The Balaban J connectivity index is 2.34. The zero-order valence-corrected chi connectivity index (χ0v) is 10.5. The van der Waals surface area contributed by atoms with Crippen LogP contribution in [0.5, 0.6) is 0 Å². The third-order valence-electron chi connectivity index (χ3n) is 3.42. The van der Waals surface area contributed by atoms with Crippen LogP contribution in [0.1, 0.15) is 29.6 Å². The van der Waals surface area contributed by atoms with Crippen LogP contribution >= 0.6 is 0 Å². The zero-order chi connectivity index (χ0) is 14.0. The highest BCUT2D eigenvalue weighted by atomic mass is 16.4. The van der Waals surface area contributed by atoms with E-state index in [2.05, 4.69) is 0 Å². The Bertz CT molecular complexity index is 516. The lowest BCUT2D eigenvalue weighted by Crippen LogP contribution is -2.48. The Hall–Kier alpha value is -2.24. The summed E-state index contributed by atoms with van der Waals surface area (Å²) in [6.07, 6.45) is 2.62. The summed E-state index contributed by atoms with van der Waals surface area (Å²) in [4.78, 5) is 24.2. The van der Waals surface area contributed by atoms with Gasteiger partial charge in [0, 0.05) is 6.54 Å². The van der Waals surface area contributed by atoms with Gasteiger partial charge >= 0.3 is 5.97 Å². The second-order valence-corrected chi connectivity index (χ2v) is 4.69. The summed E-state index contributed by atoms with van der Waals surface area (Å²) >= 11 is 0. The normalized spacial score (nSPS) is 19.2. The van der Waals surface area contributed by atoms with Crippen LogP contribution in [0.4, 0.5) is 11.4 Å². The van der Waals surface area contributed by atoms with Crippen LogP contribution in [0.15, 0.2) is 18.2 Å². The fourth-order valence-electron chi connectivity index (χ4n) is 2.46. The van der Waals surface area contributed by atoms with Gasteiger partial charge in [0.15, 0.2) is 0 Å². The quantitative estimate of drug-likeness (QED) is 0.699. The van der Waals surface area contributed by atoms with E-state index in [1.54, 1.807) is 6.07 Å². The summed E-state index contributed by atoms with van der Waals surface area (Å²) in [6.45, 7) is 0.699. The van der Waals surface area contributed by atoms with E-state index in [0.717, 1.165) is 12.8 Å². The molecule has 0 radical (unpaired) electrons. The number of anilines is 2. The van der Waals surface area contributed by atoms with Gasteiger partial charge in [-0.05, 0) is 37.5 Å². The summed E-state index contributed by atoms with van der Waals surface area (Å²) in [5.74, 6) is -1.40. The first kappa shape index (κ1) is 13.2. The minimum atomic E-state index is -1.02. The van der Waals surface area contributed by atoms with Crippen molar-refractivity contribution in [2.75, 3.05) is 17.2 Å². The summed E-state index contributed by atoms with van der Waals surface area (Å²) in [5.41, 5.74) is 12.5. The SMILES string of the molecule is NC(=O)C1CCCCN1c1ccc(C(=O)O)cc1N. The maximum absolute atomic E-state index is 11.5. The second kappa shape index (κ2) is 5.17. The molecule has 1 amide bonds. The van der Waals surface area contributed by atoms with Gasteiger partial charge in [-0.2, -0.15) is 0 Å². The molecule has 5 N–H and O–H groups in total. The number of hydrogen-bond donors (Lipinski definition) is 3.